The standard InChI is InChI=1S/C9H21NO2Si/c1-8(2)9(10(3)7-11)12-13(4,5)6/h7-9H,1-6H3. The van der Waals surface area contributed by atoms with Gasteiger partial charge in [-0.25, -0.2) is 0 Å². The molecule has 0 aromatic rings. The molecule has 1 atom stereocenters. The minimum atomic E-state index is -1.56. The predicted octanol–water partition coefficient (Wildman–Crippen LogP) is 1.91. The Morgan fingerprint density at radius 2 is 1.77 bits per heavy atom. The number of hydrogen-bond acceptors (Lipinski definition) is 2. The lowest BCUT2D eigenvalue weighted by Crippen LogP contribution is -2.44. The number of amides is 1. The van der Waals surface area contributed by atoms with E-state index >= 15 is 0 Å². The number of rotatable bonds is 5. The van der Waals surface area contributed by atoms with Gasteiger partial charge in [0.15, 0.2) is 8.32 Å². The van der Waals surface area contributed by atoms with Gasteiger partial charge in [0.05, 0.1) is 0 Å². The van der Waals surface area contributed by atoms with Gasteiger partial charge >= 0.3 is 0 Å². The first kappa shape index (κ1) is 12.6. The molecule has 13 heavy (non-hydrogen) atoms. The van der Waals surface area contributed by atoms with Crippen LogP contribution in [0.2, 0.25) is 19.6 Å². The molecule has 0 N–H and O–H groups in total. The normalized spacial score (nSPS) is 14.4. The lowest BCUT2D eigenvalue weighted by Gasteiger charge is -2.33. The van der Waals surface area contributed by atoms with E-state index in [0.717, 1.165) is 6.41 Å². The van der Waals surface area contributed by atoms with Gasteiger partial charge in [-0.3, -0.25) is 4.79 Å². The van der Waals surface area contributed by atoms with Gasteiger partial charge in [-0.2, -0.15) is 0 Å². The van der Waals surface area contributed by atoms with Crippen LogP contribution in [-0.4, -0.2) is 32.9 Å². The van der Waals surface area contributed by atoms with Crippen molar-refractivity contribution in [3.05, 3.63) is 0 Å². The molecule has 4 heteroatoms. The van der Waals surface area contributed by atoms with Gasteiger partial charge < -0.3 is 9.33 Å². The van der Waals surface area contributed by atoms with E-state index in [-0.39, 0.29) is 6.23 Å². The fraction of sp³-hybridized carbons (Fsp3) is 0.889. The highest BCUT2D eigenvalue weighted by Crippen LogP contribution is 2.15. The Hall–Kier alpha value is -0.353. The summed E-state index contributed by atoms with van der Waals surface area (Å²) >= 11 is 0. The molecule has 0 aliphatic rings. The molecule has 3 nitrogen and oxygen atoms in total. The molecule has 1 unspecified atom stereocenters. The Labute approximate surface area is 82.2 Å². The zero-order valence-electron chi connectivity index (χ0n) is 9.50. The quantitative estimate of drug-likeness (QED) is 0.388. The summed E-state index contributed by atoms with van der Waals surface area (Å²) in [5, 5.41) is 0. The zero-order chi connectivity index (χ0) is 10.6. The summed E-state index contributed by atoms with van der Waals surface area (Å²) in [7, 11) is 0.199. The van der Waals surface area contributed by atoms with Crippen LogP contribution in [0.15, 0.2) is 0 Å². The van der Waals surface area contributed by atoms with Crippen LogP contribution >= 0.6 is 0 Å². The molecule has 0 saturated heterocycles. The van der Waals surface area contributed by atoms with Gasteiger partial charge in [0.1, 0.15) is 6.23 Å². The summed E-state index contributed by atoms with van der Waals surface area (Å²) in [6, 6.07) is 0. The molecule has 0 heterocycles. The van der Waals surface area contributed by atoms with Crippen molar-refractivity contribution < 1.29 is 9.22 Å². The molecule has 0 aromatic carbocycles. The molecule has 0 aromatic heterocycles. The first-order valence-electron chi connectivity index (χ1n) is 4.63. The maximum absolute atomic E-state index is 10.6. The molecule has 1 amide bonds. The summed E-state index contributed by atoms with van der Waals surface area (Å²) in [6.45, 7) is 10.5. The molecule has 0 fully saturated rings. The van der Waals surface area contributed by atoms with E-state index in [4.69, 9.17) is 4.43 Å². The van der Waals surface area contributed by atoms with Gasteiger partial charge in [0.2, 0.25) is 6.41 Å². The van der Waals surface area contributed by atoms with Crippen molar-refractivity contribution >= 4 is 14.7 Å². The predicted molar refractivity (Wildman–Crippen MR) is 56.9 cm³/mol. The smallest absolute Gasteiger partial charge is 0.211 e. The van der Waals surface area contributed by atoms with Crippen molar-refractivity contribution in [2.75, 3.05) is 7.05 Å². The van der Waals surface area contributed by atoms with Crippen molar-refractivity contribution in [2.24, 2.45) is 5.92 Å². The van der Waals surface area contributed by atoms with Crippen LogP contribution in [0.3, 0.4) is 0 Å². The van der Waals surface area contributed by atoms with Crippen molar-refractivity contribution in [1.82, 2.24) is 4.90 Å². The third kappa shape index (κ3) is 5.05. The molecule has 0 aliphatic heterocycles. The molecular weight excluding hydrogens is 182 g/mol. The highest BCUT2D eigenvalue weighted by atomic mass is 28.4. The summed E-state index contributed by atoms with van der Waals surface area (Å²) in [6.07, 6.45) is 0.745. The van der Waals surface area contributed by atoms with Crippen LogP contribution in [0.25, 0.3) is 0 Å². The topological polar surface area (TPSA) is 29.5 Å². The van der Waals surface area contributed by atoms with Gasteiger partial charge in [-0.05, 0) is 25.6 Å². The van der Waals surface area contributed by atoms with Crippen molar-refractivity contribution in [3.63, 3.8) is 0 Å². The van der Waals surface area contributed by atoms with Crippen LogP contribution < -0.4 is 0 Å². The van der Waals surface area contributed by atoms with E-state index in [0.29, 0.717) is 5.92 Å². The fourth-order valence-electron chi connectivity index (χ4n) is 1.11. The summed E-state index contributed by atoms with van der Waals surface area (Å²) in [5.41, 5.74) is 0. The fourth-order valence-corrected chi connectivity index (χ4v) is 2.27. The largest absolute Gasteiger partial charge is 0.398 e. The van der Waals surface area contributed by atoms with Crippen molar-refractivity contribution in [2.45, 2.75) is 39.7 Å². The van der Waals surface area contributed by atoms with E-state index in [1.165, 1.54) is 0 Å². The van der Waals surface area contributed by atoms with Gasteiger partial charge in [-0.15, -0.1) is 0 Å². The van der Waals surface area contributed by atoms with E-state index in [1.807, 2.05) is 0 Å². The van der Waals surface area contributed by atoms with Crippen LogP contribution in [0.1, 0.15) is 13.8 Å². The molecule has 78 valence electrons. The molecule has 0 rings (SSSR count). The van der Waals surface area contributed by atoms with Gasteiger partial charge in [-0.1, -0.05) is 13.8 Å². The highest BCUT2D eigenvalue weighted by molar-refractivity contribution is 6.69. The van der Waals surface area contributed by atoms with E-state index in [1.54, 1.807) is 11.9 Å². The molecule has 0 saturated carbocycles. The lowest BCUT2D eigenvalue weighted by atomic mass is 10.2. The Balaban J connectivity index is 4.35. The lowest BCUT2D eigenvalue weighted by molar-refractivity contribution is -0.126. The van der Waals surface area contributed by atoms with Gasteiger partial charge in [0.25, 0.3) is 0 Å². The monoisotopic (exact) mass is 203 g/mol. The third-order valence-corrected chi connectivity index (χ3v) is 2.56. The van der Waals surface area contributed by atoms with E-state index in [9.17, 15) is 4.79 Å². The Kier molecular flexibility index (Phi) is 4.63. The Bertz CT molecular complexity index is 165. The van der Waals surface area contributed by atoms with Crippen molar-refractivity contribution in [1.29, 1.82) is 0 Å². The zero-order valence-corrected chi connectivity index (χ0v) is 10.5. The maximum Gasteiger partial charge on any atom is 0.211 e. The molecule has 0 radical (unpaired) electrons. The molecule has 0 bridgehead atoms. The van der Waals surface area contributed by atoms with Crippen LogP contribution in [-0.2, 0) is 9.22 Å². The summed E-state index contributed by atoms with van der Waals surface area (Å²) in [4.78, 5) is 12.2. The van der Waals surface area contributed by atoms with Crippen molar-refractivity contribution in [3.8, 4) is 0 Å². The average Bonchev–Trinajstić information content (AvgIpc) is 1.96. The summed E-state index contributed by atoms with van der Waals surface area (Å²) in [5.74, 6) is 0.335. The number of hydrogen-bond donors (Lipinski definition) is 0. The SMILES string of the molecule is CC(C)C(O[Si](C)(C)C)N(C)C=O. The van der Waals surface area contributed by atoms with Crippen LogP contribution in [0.4, 0.5) is 0 Å². The molecular formula is C9H21NO2Si. The average molecular weight is 203 g/mol. The minimum absolute atomic E-state index is 0.0795. The Morgan fingerprint density at radius 1 is 1.31 bits per heavy atom. The first-order chi connectivity index (χ1) is 5.78. The second-order valence-electron chi connectivity index (χ2n) is 4.64. The second kappa shape index (κ2) is 4.76. The third-order valence-electron chi connectivity index (χ3n) is 1.61. The molecule has 0 spiro atoms. The second-order valence-corrected chi connectivity index (χ2v) is 9.10. The van der Waals surface area contributed by atoms with Crippen LogP contribution in [0.5, 0.6) is 0 Å². The maximum atomic E-state index is 10.6. The van der Waals surface area contributed by atoms with Crippen LogP contribution in [0, 0.1) is 5.92 Å². The first-order valence-corrected chi connectivity index (χ1v) is 8.04. The molecule has 0 aliphatic carbocycles. The highest BCUT2D eigenvalue weighted by Gasteiger charge is 2.25. The number of carbonyl (C=O) groups excluding carboxylic acids is 1. The van der Waals surface area contributed by atoms with Gasteiger partial charge in [0, 0.05) is 7.05 Å². The Morgan fingerprint density at radius 3 is 2.00 bits per heavy atom. The number of nitrogens with zero attached hydrogens (tertiary/aromatic N) is 1. The van der Waals surface area contributed by atoms with E-state index < -0.39 is 8.32 Å². The minimum Gasteiger partial charge on any atom is -0.398 e. The van der Waals surface area contributed by atoms with E-state index in [2.05, 4.69) is 33.5 Å². The number of carbonyl (C=O) groups is 1. The summed E-state index contributed by atoms with van der Waals surface area (Å²) < 4.78 is 5.89.